The standard InChI is InChI=1S/C23H21N5O2S/c1-15-9-11-16(12-10-15)19-20(22(29)24-14-18-8-5-13-30-18)31-23-26-25-21(28(23)27-19)17-6-3-2-4-7-17/h2-13,19-20,27H,14H2,1H3,(H,24,29)/t19-,20+/m1/s1. The Balaban J connectivity index is 1.47. The molecular weight excluding hydrogens is 410 g/mol. The molecular formula is C23H21N5O2S. The minimum Gasteiger partial charge on any atom is -0.467 e. The predicted molar refractivity (Wildman–Crippen MR) is 119 cm³/mol. The summed E-state index contributed by atoms with van der Waals surface area (Å²) in [6, 6.07) is 21.5. The number of thioether (sulfide) groups is 1. The normalized spacial score (nSPS) is 17.6. The third kappa shape index (κ3) is 3.94. The molecule has 0 bridgehead atoms. The molecule has 0 aliphatic carbocycles. The molecule has 7 nitrogen and oxygen atoms in total. The van der Waals surface area contributed by atoms with Crippen LogP contribution in [0, 0.1) is 6.92 Å². The first-order valence-corrected chi connectivity index (χ1v) is 10.9. The van der Waals surface area contributed by atoms with Crippen molar-refractivity contribution in [2.75, 3.05) is 5.43 Å². The maximum atomic E-state index is 13.2. The summed E-state index contributed by atoms with van der Waals surface area (Å²) >= 11 is 1.41. The topological polar surface area (TPSA) is 85.0 Å². The molecule has 1 aliphatic rings. The van der Waals surface area contributed by atoms with Crippen LogP contribution in [0.25, 0.3) is 11.4 Å². The first-order valence-electron chi connectivity index (χ1n) is 10.00. The molecule has 0 saturated heterocycles. The molecule has 5 rings (SSSR count). The molecule has 2 atom stereocenters. The van der Waals surface area contributed by atoms with Gasteiger partial charge < -0.3 is 15.2 Å². The number of benzene rings is 2. The lowest BCUT2D eigenvalue weighted by atomic mass is 10.0. The zero-order valence-electron chi connectivity index (χ0n) is 16.9. The first-order chi connectivity index (χ1) is 15.2. The average Bonchev–Trinajstić information content (AvgIpc) is 3.47. The molecule has 0 fully saturated rings. The van der Waals surface area contributed by atoms with Crippen molar-refractivity contribution >= 4 is 17.7 Å². The number of hydrogen-bond acceptors (Lipinski definition) is 6. The van der Waals surface area contributed by atoms with E-state index in [1.54, 1.807) is 12.3 Å². The Morgan fingerprint density at radius 3 is 2.65 bits per heavy atom. The monoisotopic (exact) mass is 431 g/mol. The molecule has 0 unspecified atom stereocenters. The summed E-state index contributed by atoms with van der Waals surface area (Å²) < 4.78 is 7.22. The summed E-state index contributed by atoms with van der Waals surface area (Å²) in [6.45, 7) is 2.39. The summed E-state index contributed by atoms with van der Waals surface area (Å²) in [5, 5.41) is 11.9. The second-order valence-electron chi connectivity index (χ2n) is 7.36. The third-order valence-electron chi connectivity index (χ3n) is 5.18. The van der Waals surface area contributed by atoms with Crippen LogP contribution in [0.1, 0.15) is 22.9 Å². The van der Waals surface area contributed by atoms with Gasteiger partial charge in [0, 0.05) is 5.56 Å². The molecule has 2 aromatic heterocycles. The van der Waals surface area contributed by atoms with E-state index in [1.165, 1.54) is 17.3 Å². The zero-order valence-corrected chi connectivity index (χ0v) is 17.7. The van der Waals surface area contributed by atoms with Gasteiger partial charge in [0.15, 0.2) is 5.82 Å². The van der Waals surface area contributed by atoms with Crippen LogP contribution in [0.4, 0.5) is 0 Å². The van der Waals surface area contributed by atoms with E-state index < -0.39 is 5.25 Å². The molecule has 156 valence electrons. The molecule has 0 spiro atoms. The fourth-order valence-corrected chi connectivity index (χ4v) is 4.65. The Bertz CT molecular complexity index is 1170. The van der Waals surface area contributed by atoms with Gasteiger partial charge in [-0.15, -0.1) is 10.2 Å². The Hall–Kier alpha value is -3.52. The highest BCUT2D eigenvalue weighted by atomic mass is 32.2. The summed E-state index contributed by atoms with van der Waals surface area (Å²) in [5.41, 5.74) is 6.64. The van der Waals surface area contributed by atoms with Gasteiger partial charge in [0.2, 0.25) is 11.1 Å². The van der Waals surface area contributed by atoms with E-state index >= 15 is 0 Å². The van der Waals surface area contributed by atoms with E-state index in [0.29, 0.717) is 17.5 Å². The van der Waals surface area contributed by atoms with Gasteiger partial charge in [0.1, 0.15) is 11.0 Å². The van der Waals surface area contributed by atoms with Crippen molar-refractivity contribution in [3.63, 3.8) is 0 Å². The van der Waals surface area contributed by atoms with Crippen molar-refractivity contribution in [3.8, 4) is 11.4 Å². The van der Waals surface area contributed by atoms with Gasteiger partial charge in [-0.1, -0.05) is 71.9 Å². The van der Waals surface area contributed by atoms with E-state index in [1.807, 2.05) is 48.0 Å². The van der Waals surface area contributed by atoms with Crippen molar-refractivity contribution in [2.24, 2.45) is 0 Å². The Morgan fingerprint density at radius 2 is 1.90 bits per heavy atom. The van der Waals surface area contributed by atoms with E-state index in [-0.39, 0.29) is 11.9 Å². The number of nitrogens with one attached hydrogen (secondary N) is 2. The molecule has 0 radical (unpaired) electrons. The van der Waals surface area contributed by atoms with Gasteiger partial charge in [-0.3, -0.25) is 4.79 Å². The number of furan rings is 1. The summed E-state index contributed by atoms with van der Waals surface area (Å²) in [7, 11) is 0. The van der Waals surface area contributed by atoms with Crippen molar-refractivity contribution in [3.05, 3.63) is 89.9 Å². The fourth-order valence-electron chi connectivity index (χ4n) is 3.54. The van der Waals surface area contributed by atoms with Crippen LogP contribution in [0.2, 0.25) is 0 Å². The van der Waals surface area contributed by atoms with E-state index in [2.05, 4.69) is 45.2 Å². The maximum absolute atomic E-state index is 13.2. The molecule has 31 heavy (non-hydrogen) atoms. The number of amides is 1. The lowest BCUT2D eigenvalue weighted by molar-refractivity contribution is -0.121. The van der Waals surface area contributed by atoms with Gasteiger partial charge in [-0.05, 0) is 24.6 Å². The van der Waals surface area contributed by atoms with Gasteiger partial charge in [-0.25, -0.2) is 4.68 Å². The summed E-state index contributed by atoms with van der Waals surface area (Å²) in [5.74, 6) is 1.34. The number of carbonyl (C=O) groups is 1. The molecule has 3 heterocycles. The highest BCUT2D eigenvalue weighted by Crippen LogP contribution is 2.38. The van der Waals surface area contributed by atoms with E-state index in [9.17, 15) is 4.79 Å². The lowest BCUT2D eigenvalue weighted by Gasteiger charge is -2.33. The number of hydrogen-bond donors (Lipinski definition) is 2. The molecule has 2 N–H and O–H groups in total. The number of aryl methyl sites for hydroxylation is 1. The van der Waals surface area contributed by atoms with Gasteiger partial charge in [0.25, 0.3) is 0 Å². The smallest absolute Gasteiger partial charge is 0.236 e. The van der Waals surface area contributed by atoms with Crippen molar-refractivity contribution in [1.29, 1.82) is 0 Å². The second-order valence-corrected chi connectivity index (χ2v) is 8.47. The van der Waals surface area contributed by atoms with Gasteiger partial charge in [0.05, 0.1) is 18.8 Å². The van der Waals surface area contributed by atoms with E-state index in [0.717, 1.165) is 17.0 Å². The van der Waals surface area contributed by atoms with Crippen molar-refractivity contribution in [2.45, 2.75) is 29.9 Å². The number of aromatic nitrogens is 3. The molecule has 4 aromatic rings. The van der Waals surface area contributed by atoms with Crippen LogP contribution < -0.4 is 10.7 Å². The zero-order chi connectivity index (χ0) is 21.2. The summed E-state index contributed by atoms with van der Waals surface area (Å²) in [6.07, 6.45) is 1.60. The average molecular weight is 432 g/mol. The SMILES string of the molecule is Cc1ccc([C@H]2Nn3c(nnc3-c3ccccc3)S[C@@H]2C(=O)NCc2ccco2)cc1. The lowest BCUT2D eigenvalue weighted by Crippen LogP contribution is -2.43. The van der Waals surface area contributed by atoms with Gasteiger partial charge >= 0.3 is 0 Å². The Kier molecular flexibility index (Phi) is 5.21. The number of rotatable bonds is 5. The molecule has 2 aromatic carbocycles. The van der Waals surface area contributed by atoms with Crippen LogP contribution in [0.15, 0.2) is 82.6 Å². The first kappa shape index (κ1) is 19.4. The number of nitrogens with zero attached hydrogens (tertiary/aromatic N) is 3. The molecule has 8 heteroatoms. The predicted octanol–water partition coefficient (Wildman–Crippen LogP) is 3.92. The van der Waals surface area contributed by atoms with Crippen LogP contribution in [0.5, 0.6) is 0 Å². The highest BCUT2D eigenvalue weighted by Gasteiger charge is 2.38. The fraction of sp³-hybridized carbons (Fsp3) is 0.174. The number of fused-ring (bicyclic) bond motifs is 1. The quantitative estimate of drug-likeness (QED) is 0.498. The minimum absolute atomic E-state index is 0.0880. The number of carbonyl (C=O) groups excluding carboxylic acids is 1. The minimum atomic E-state index is -0.419. The second kappa shape index (κ2) is 8.31. The highest BCUT2D eigenvalue weighted by molar-refractivity contribution is 8.00. The Morgan fingerprint density at radius 1 is 1.10 bits per heavy atom. The van der Waals surface area contributed by atoms with Crippen LogP contribution in [0.3, 0.4) is 0 Å². The maximum Gasteiger partial charge on any atom is 0.236 e. The van der Waals surface area contributed by atoms with Crippen molar-refractivity contribution in [1.82, 2.24) is 20.2 Å². The third-order valence-corrected chi connectivity index (χ3v) is 6.40. The van der Waals surface area contributed by atoms with Crippen LogP contribution in [-0.2, 0) is 11.3 Å². The largest absolute Gasteiger partial charge is 0.467 e. The van der Waals surface area contributed by atoms with Crippen LogP contribution in [-0.4, -0.2) is 26.0 Å². The van der Waals surface area contributed by atoms with Crippen molar-refractivity contribution < 1.29 is 9.21 Å². The molecule has 1 amide bonds. The molecule has 1 aliphatic heterocycles. The van der Waals surface area contributed by atoms with E-state index in [4.69, 9.17) is 4.42 Å². The van der Waals surface area contributed by atoms with Gasteiger partial charge in [-0.2, -0.15) is 0 Å². The summed E-state index contributed by atoms with van der Waals surface area (Å²) in [4.78, 5) is 13.2. The van der Waals surface area contributed by atoms with Crippen LogP contribution >= 0.6 is 11.8 Å². The molecule has 0 saturated carbocycles. The Labute approximate surface area is 183 Å².